The van der Waals surface area contributed by atoms with Gasteiger partial charge in [0.2, 0.25) is 0 Å². The Kier molecular flexibility index (Phi) is 3.55. The van der Waals surface area contributed by atoms with E-state index in [9.17, 15) is 8.78 Å². The van der Waals surface area contributed by atoms with Crippen molar-refractivity contribution in [3.05, 3.63) is 26.6 Å². The Labute approximate surface area is 88.7 Å². The lowest BCUT2D eigenvalue weighted by Crippen LogP contribution is -2.06. The van der Waals surface area contributed by atoms with E-state index in [4.69, 9.17) is 5.73 Å². The molecule has 5 heteroatoms. The molecular weight excluding hydrogens is 289 g/mol. The van der Waals surface area contributed by atoms with Gasteiger partial charge in [0.1, 0.15) is 5.69 Å². The molecule has 0 aliphatic rings. The molecule has 1 aromatic rings. The van der Waals surface area contributed by atoms with E-state index in [-0.39, 0.29) is 12.2 Å². The zero-order chi connectivity index (χ0) is 10.0. The third-order valence-electron chi connectivity index (χ3n) is 1.70. The van der Waals surface area contributed by atoms with E-state index in [1.54, 1.807) is 6.07 Å². The Hall–Kier alpha value is -0.300. The second kappa shape index (κ2) is 4.28. The van der Waals surface area contributed by atoms with Gasteiger partial charge in [0.05, 0.1) is 5.69 Å². The second-order valence-electron chi connectivity index (χ2n) is 2.62. The molecule has 0 saturated carbocycles. The van der Waals surface area contributed by atoms with Gasteiger partial charge in [-0.05, 0) is 41.1 Å². The third kappa shape index (κ3) is 2.34. The monoisotopic (exact) mass is 298 g/mol. The van der Waals surface area contributed by atoms with Gasteiger partial charge in [-0.1, -0.05) is 0 Å². The van der Waals surface area contributed by atoms with Crippen LogP contribution in [-0.2, 0) is 6.54 Å². The minimum atomic E-state index is -2.53. The van der Waals surface area contributed by atoms with Crippen molar-refractivity contribution in [1.82, 2.24) is 4.98 Å². The SMILES string of the molecule is Cc1cc(I)c(C(F)F)nc1CN. The maximum atomic E-state index is 12.4. The van der Waals surface area contributed by atoms with Crippen molar-refractivity contribution in [1.29, 1.82) is 0 Å². The number of hydrogen-bond donors (Lipinski definition) is 1. The Bertz CT molecular complexity index is 315. The van der Waals surface area contributed by atoms with E-state index in [1.807, 2.05) is 29.5 Å². The highest BCUT2D eigenvalue weighted by molar-refractivity contribution is 14.1. The largest absolute Gasteiger partial charge is 0.325 e. The van der Waals surface area contributed by atoms with Crippen molar-refractivity contribution in [2.75, 3.05) is 0 Å². The molecule has 0 amide bonds. The van der Waals surface area contributed by atoms with Crippen molar-refractivity contribution in [3.8, 4) is 0 Å². The second-order valence-corrected chi connectivity index (χ2v) is 3.79. The summed E-state index contributed by atoms with van der Waals surface area (Å²) in [4.78, 5) is 3.81. The standard InChI is InChI=1S/C8H9F2IN2/c1-4-2-5(11)7(8(9)10)13-6(4)3-12/h2,8H,3,12H2,1H3. The first-order chi connectivity index (χ1) is 6.06. The minimum absolute atomic E-state index is 0.174. The maximum Gasteiger partial charge on any atom is 0.281 e. The first kappa shape index (κ1) is 10.8. The van der Waals surface area contributed by atoms with Crippen LogP contribution in [0.1, 0.15) is 23.4 Å². The van der Waals surface area contributed by atoms with Crippen molar-refractivity contribution in [3.63, 3.8) is 0 Å². The fraction of sp³-hybridized carbons (Fsp3) is 0.375. The number of alkyl halides is 2. The minimum Gasteiger partial charge on any atom is -0.325 e. The summed E-state index contributed by atoms with van der Waals surface area (Å²) in [6.45, 7) is 2.01. The molecule has 0 aliphatic heterocycles. The number of nitrogens with zero attached hydrogens (tertiary/aromatic N) is 1. The Balaban J connectivity index is 3.22. The summed E-state index contributed by atoms with van der Waals surface area (Å²) in [5.41, 5.74) is 6.58. The molecule has 0 spiro atoms. The molecule has 0 aromatic carbocycles. The first-order valence-electron chi connectivity index (χ1n) is 3.70. The molecule has 1 aromatic heterocycles. The molecule has 1 heterocycles. The summed E-state index contributed by atoms with van der Waals surface area (Å²) in [5, 5.41) is 0. The fourth-order valence-electron chi connectivity index (χ4n) is 0.994. The number of hydrogen-bond acceptors (Lipinski definition) is 2. The topological polar surface area (TPSA) is 38.9 Å². The van der Waals surface area contributed by atoms with Gasteiger partial charge in [0, 0.05) is 10.1 Å². The van der Waals surface area contributed by atoms with Crippen LogP contribution in [0.2, 0.25) is 0 Å². The number of rotatable bonds is 2. The molecule has 0 saturated heterocycles. The van der Waals surface area contributed by atoms with Gasteiger partial charge in [-0.15, -0.1) is 0 Å². The highest BCUT2D eigenvalue weighted by atomic mass is 127. The summed E-state index contributed by atoms with van der Waals surface area (Å²) >= 11 is 1.85. The van der Waals surface area contributed by atoms with Gasteiger partial charge in [0.15, 0.2) is 0 Å². The highest BCUT2D eigenvalue weighted by Crippen LogP contribution is 2.24. The lowest BCUT2D eigenvalue weighted by atomic mass is 10.2. The van der Waals surface area contributed by atoms with Crippen molar-refractivity contribution in [2.45, 2.75) is 19.9 Å². The van der Waals surface area contributed by atoms with Gasteiger partial charge in [-0.25, -0.2) is 13.8 Å². The van der Waals surface area contributed by atoms with E-state index in [0.717, 1.165) is 5.56 Å². The van der Waals surface area contributed by atoms with Crippen molar-refractivity contribution < 1.29 is 8.78 Å². The number of aromatic nitrogens is 1. The van der Waals surface area contributed by atoms with Crippen molar-refractivity contribution >= 4 is 22.6 Å². The first-order valence-corrected chi connectivity index (χ1v) is 4.78. The molecule has 72 valence electrons. The summed E-state index contributed by atoms with van der Waals surface area (Å²) in [5.74, 6) is 0. The molecule has 13 heavy (non-hydrogen) atoms. The van der Waals surface area contributed by atoms with Crippen molar-refractivity contribution in [2.24, 2.45) is 5.73 Å². The summed E-state index contributed by atoms with van der Waals surface area (Å²) < 4.78 is 25.2. The predicted octanol–water partition coefficient (Wildman–Crippen LogP) is 2.39. The Morgan fingerprint density at radius 1 is 1.62 bits per heavy atom. The molecule has 0 aliphatic carbocycles. The maximum absolute atomic E-state index is 12.4. The van der Waals surface area contributed by atoms with Gasteiger partial charge >= 0.3 is 0 Å². The lowest BCUT2D eigenvalue weighted by molar-refractivity contribution is 0.144. The molecule has 2 nitrogen and oxygen atoms in total. The molecule has 0 fully saturated rings. The zero-order valence-electron chi connectivity index (χ0n) is 7.02. The Morgan fingerprint density at radius 3 is 2.69 bits per heavy atom. The number of pyridine rings is 1. The van der Waals surface area contributed by atoms with E-state index >= 15 is 0 Å². The van der Waals surface area contributed by atoms with Crippen LogP contribution in [0, 0.1) is 10.5 Å². The summed E-state index contributed by atoms with van der Waals surface area (Å²) in [7, 11) is 0. The van der Waals surface area contributed by atoms with E-state index < -0.39 is 6.43 Å². The molecule has 2 N–H and O–H groups in total. The van der Waals surface area contributed by atoms with E-state index in [0.29, 0.717) is 9.26 Å². The highest BCUT2D eigenvalue weighted by Gasteiger charge is 2.15. The van der Waals surface area contributed by atoms with Gasteiger partial charge in [0.25, 0.3) is 6.43 Å². The van der Waals surface area contributed by atoms with Crippen LogP contribution < -0.4 is 5.73 Å². The smallest absolute Gasteiger partial charge is 0.281 e. The van der Waals surface area contributed by atoms with Crippen LogP contribution in [0.15, 0.2) is 6.07 Å². The quantitative estimate of drug-likeness (QED) is 0.852. The normalized spacial score (nSPS) is 10.9. The third-order valence-corrected chi connectivity index (χ3v) is 2.56. The number of nitrogens with two attached hydrogens (primary N) is 1. The van der Waals surface area contributed by atoms with E-state index in [2.05, 4.69) is 4.98 Å². The molecule has 1 rings (SSSR count). The molecule has 0 atom stereocenters. The van der Waals surface area contributed by atoms with Crippen LogP contribution in [0.4, 0.5) is 8.78 Å². The van der Waals surface area contributed by atoms with Crippen LogP contribution >= 0.6 is 22.6 Å². The lowest BCUT2D eigenvalue weighted by Gasteiger charge is -2.07. The van der Waals surface area contributed by atoms with Crippen LogP contribution in [0.3, 0.4) is 0 Å². The molecule has 0 bridgehead atoms. The van der Waals surface area contributed by atoms with Crippen LogP contribution in [0.25, 0.3) is 0 Å². The number of halogens is 3. The van der Waals surface area contributed by atoms with Crippen LogP contribution in [0.5, 0.6) is 0 Å². The average molecular weight is 298 g/mol. The predicted molar refractivity (Wildman–Crippen MR) is 54.5 cm³/mol. The number of aryl methyl sites for hydroxylation is 1. The van der Waals surface area contributed by atoms with E-state index in [1.165, 1.54) is 0 Å². The van der Waals surface area contributed by atoms with Gasteiger partial charge in [-0.3, -0.25) is 0 Å². The molecule has 0 unspecified atom stereocenters. The zero-order valence-corrected chi connectivity index (χ0v) is 9.18. The fourth-order valence-corrected chi connectivity index (χ4v) is 1.82. The Morgan fingerprint density at radius 2 is 2.23 bits per heavy atom. The van der Waals surface area contributed by atoms with Gasteiger partial charge in [-0.2, -0.15) is 0 Å². The van der Waals surface area contributed by atoms with Gasteiger partial charge < -0.3 is 5.73 Å². The molecule has 0 radical (unpaired) electrons. The summed E-state index contributed by atoms with van der Waals surface area (Å²) in [6, 6.07) is 1.68. The van der Waals surface area contributed by atoms with Crippen LogP contribution in [-0.4, -0.2) is 4.98 Å². The summed E-state index contributed by atoms with van der Waals surface area (Å²) in [6.07, 6.45) is -2.53. The average Bonchev–Trinajstić information content (AvgIpc) is 2.03. The molecular formula is C8H9F2IN2.